The number of aryl methyl sites for hydroxylation is 1. The highest BCUT2D eigenvalue weighted by Crippen LogP contribution is 2.17. The van der Waals surface area contributed by atoms with Gasteiger partial charge in [0.1, 0.15) is 11.3 Å². The number of esters is 1. The van der Waals surface area contributed by atoms with Crippen molar-refractivity contribution in [3.05, 3.63) is 29.8 Å². The smallest absolute Gasteiger partial charge is 0.326 e. The second-order valence-electron chi connectivity index (χ2n) is 5.42. The summed E-state index contributed by atoms with van der Waals surface area (Å²) in [5, 5.41) is 3.06. The first kappa shape index (κ1) is 17.5. The molecular formula is C17H27NO3. The van der Waals surface area contributed by atoms with Gasteiger partial charge in [0, 0.05) is 0 Å². The Labute approximate surface area is 127 Å². The van der Waals surface area contributed by atoms with Crippen molar-refractivity contribution in [3.63, 3.8) is 0 Å². The SMILES string of the molecule is CCOC(=O)C(C)(CCCCOc1cccc(C)c1)NC. The molecule has 0 fully saturated rings. The monoisotopic (exact) mass is 293 g/mol. The van der Waals surface area contributed by atoms with E-state index in [4.69, 9.17) is 9.47 Å². The predicted octanol–water partition coefficient (Wildman–Crippen LogP) is 3.09. The summed E-state index contributed by atoms with van der Waals surface area (Å²) >= 11 is 0. The molecule has 0 spiro atoms. The minimum atomic E-state index is -0.612. The topological polar surface area (TPSA) is 47.6 Å². The Morgan fingerprint density at radius 1 is 1.33 bits per heavy atom. The lowest BCUT2D eigenvalue weighted by Crippen LogP contribution is -2.48. The third-order valence-corrected chi connectivity index (χ3v) is 3.61. The molecule has 21 heavy (non-hydrogen) atoms. The second-order valence-corrected chi connectivity index (χ2v) is 5.42. The molecule has 0 amide bonds. The van der Waals surface area contributed by atoms with Crippen molar-refractivity contribution in [3.8, 4) is 5.75 Å². The van der Waals surface area contributed by atoms with Crippen molar-refractivity contribution in [2.75, 3.05) is 20.3 Å². The Hall–Kier alpha value is -1.55. The van der Waals surface area contributed by atoms with Crippen LogP contribution in [0.3, 0.4) is 0 Å². The first-order chi connectivity index (χ1) is 10.0. The minimum absolute atomic E-state index is 0.188. The number of likely N-dealkylation sites (N-methyl/N-ethyl adjacent to an activating group) is 1. The highest BCUT2D eigenvalue weighted by Gasteiger charge is 2.32. The van der Waals surface area contributed by atoms with E-state index in [1.54, 1.807) is 7.05 Å². The molecule has 1 rings (SSSR count). The molecule has 0 aliphatic carbocycles. The molecule has 0 aliphatic rings. The lowest BCUT2D eigenvalue weighted by Gasteiger charge is -2.26. The van der Waals surface area contributed by atoms with Crippen LogP contribution in [0.5, 0.6) is 5.75 Å². The van der Waals surface area contributed by atoms with E-state index in [1.807, 2.05) is 45.0 Å². The Balaban J connectivity index is 2.30. The number of ether oxygens (including phenoxy) is 2. The van der Waals surface area contributed by atoms with Gasteiger partial charge in [-0.05, 0) is 64.8 Å². The average molecular weight is 293 g/mol. The van der Waals surface area contributed by atoms with E-state index in [0.717, 1.165) is 25.0 Å². The van der Waals surface area contributed by atoms with Gasteiger partial charge in [0.25, 0.3) is 0 Å². The molecule has 1 unspecified atom stereocenters. The summed E-state index contributed by atoms with van der Waals surface area (Å²) in [6.45, 7) is 6.82. The summed E-state index contributed by atoms with van der Waals surface area (Å²) in [4.78, 5) is 11.9. The fraction of sp³-hybridized carbons (Fsp3) is 0.588. The number of carbonyl (C=O) groups is 1. The largest absolute Gasteiger partial charge is 0.494 e. The number of hydrogen-bond acceptors (Lipinski definition) is 4. The molecule has 0 saturated heterocycles. The van der Waals surface area contributed by atoms with Crippen LogP contribution in [-0.2, 0) is 9.53 Å². The van der Waals surface area contributed by atoms with Crippen LogP contribution in [0.25, 0.3) is 0 Å². The van der Waals surface area contributed by atoms with Crippen LogP contribution in [-0.4, -0.2) is 31.8 Å². The van der Waals surface area contributed by atoms with Crippen molar-refractivity contribution in [2.45, 2.75) is 45.6 Å². The molecular weight excluding hydrogens is 266 g/mol. The Morgan fingerprint density at radius 2 is 2.10 bits per heavy atom. The normalized spacial score (nSPS) is 13.5. The van der Waals surface area contributed by atoms with Crippen LogP contribution in [0, 0.1) is 6.92 Å². The van der Waals surface area contributed by atoms with Gasteiger partial charge in [-0.25, -0.2) is 0 Å². The fourth-order valence-electron chi connectivity index (χ4n) is 2.10. The minimum Gasteiger partial charge on any atom is -0.494 e. The zero-order valence-electron chi connectivity index (χ0n) is 13.6. The molecule has 0 bridgehead atoms. The first-order valence-electron chi connectivity index (χ1n) is 7.57. The molecule has 4 nitrogen and oxygen atoms in total. The van der Waals surface area contributed by atoms with Crippen LogP contribution in [0.4, 0.5) is 0 Å². The van der Waals surface area contributed by atoms with E-state index in [2.05, 4.69) is 5.32 Å². The molecule has 0 saturated carbocycles. The summed E-state index contributed by atoms with van der Waals surface area (Å²) in [6, 6.07) is 8.02. The molecule has 0 aromatic heterocycles. The van der Waals surface area contributed by atoms with Gasteiger partial charge in [-0.1, -0.05) is 12.1 Å². The van der Waals surface area contributed by atoms with E-state index in [0.29, 0.717) is 13.2 Å². The van der Waals surface area contributed by atoms with Gasteiger partial charge in [-0.15, -0.1) is 0 Å². The molecule has 1 N–H and O–H groups in total. The van der Waals surface area contributed by atoms with Gasteiger partial charge < -0.3 is 14.8 Å². The van der Waals surface area contributed by atoms with E-state index in [9.17, 15) is 4.79 Å². The quantitative estimate of drug-likeness (QED) is 0.561. The molecule has 4 heteroatoms. The lowest BCUT2D eigenvalue weighted by atomic mass is 9.95. The van der Waals surface area contributed by atoms with Crippen LogP contribution < -0.4 is 10.1 Å². The zero-order valence-corrected chi connectivity index (χ0v) is 13.6. The zero-order chi connectivity index (χ0) is 15.7. The van der Waals surface area contributed by atoms with Gasteiger partial charge in [-0.3, -0.25) is 4.79 Å². The molecule has 1 atom stereocenters. The van der Waals surface area contributed by atoms with Crippen LogP contribution >= 0.6 is 0 Å². The highest BCUT2D eigenvalue weighted by molar-refractivity contribution is 5.80. The molecule has 1 aromatic rings. The van der Waals surface area contributed by atoms with E-state index >= 15 is 0 Å². The summed E-state index contributed by atoms with van der Waals surface area (Å²) in [7, 11) is 1.79. The Morgan fingerprint density at radius 3 is 2.71 bits per heavy atom. The van der Waals surface area contributed by atoms with Gasteiger partial charge in [-0.2, -0.15) is 0 Å². The van der Waals surface area contributed by atoms with Crippen LogP contribution in [0.2, 0.25) is 0 Å². The summed E-state index contributed by atoms with van der Waals surface area (Å²) in [5.41, 5.74) is 0.580. The number of nitrogens with one attached hydrogen (secondary N) is 1. The molecule has 118 valence electrons. The van der Waals surface area contributed by atoms with Crippen molar-refractivity contribution >= 4 is 5.97 Å². The van der Waals surface area contributed by atoms with Crippen LogP contribution in [0.15, 0.2) is 24.3 Å². The average Bonchev–Trinajstić information content (AvgIpc) is 2.47. The third kappa shape index (κ3) is 5.76. The maximum Gasteiger partial charge on any atom is 0.326 e. The van der Waals surface area contributed by atoms with E-state index in [-0.39, 0.29) is 5.97 Å². The summed E-state index contributed by atoms with van der Waals surface area (Å²) in [5.74, 6) is 0.712. The molecule has 1 aromatic carbocycles. The predicted molar refractivity (Wildman–Crippen MR) is 84.6 cm³/mol. The lowest BCUT2D eigenvalue weighted by molar-refractivity contribution is -0.150. The van der Waals surface area contributed by atoms with Crippen molar-refractivity contribution in [1.82, 2.24) is 5.32 Å². The van der Waals surface area contributed by atoms with Gasteiger partial charge in [0.15, 0.2) is 0 Å². The van der Waals surface area contributed by atoms with Crippen molar-refractivity contribution in [1.29, 1.82) is 0 Å². The van der Waals surface area contributed by atoms with Gasteiger partial charge in [0.05, 0.1) is 13.2 Å². The van der Waals surface area contributed by atoms with Crippen LogP contribution in [0.1, 0.15) is 38.7 Å². The Kier molecular flexibility index (Phi) is 7.23. The molecule has 0 radical (unpaired) electrons. The summed E-state index contributed by atoms with van der Waals surface area (Å²) in [6.07, 6.45) is 2.55. The number of benzene rings is 1. The second kappa shape index (κ2) is 8.67. The fourth-order valence-corrected chi connectivity index (χ4v) is 2.10. The first-order valence-corrected chi connectivity index (χ1v) is 7.57. The number of unbranched alkanes of at least 4 members (excludes halogenated alkanes) is 1. The number of hydrogen-bond donors (Lipinski definition) is 1. The van der Waals surface area contributed by atoms with Gasteiger partial charge in [0.2, 0.25) is 0 Å². The maximum absolute atomic E-state index is 11.9. The third-order valence-electron chi connectivity index (χ3n) is 3.61. The summed E-state index contributed by atoms with van der Waals surface area (Å²) < 4.78 is 10.8. The van der Waals surface area contributed by atoms with E-state index in [1.165, 1.54) is 5.56 Å². The standard InChI is InChI=1S/C17H27NO3/c1-5-20-16(19)17(3,18-4)11-6-7-12-21-15-10-8-9-14(2)13-15/h8-10,13,18H,5-7,11-12H2,1-4H3. The van der Waals surface area contributed by atoms with Crippen molar-refractivity contribution < 1.29 is 14.3 Å². The Bertz CT molecular complexity index is 447. The van der Waals surface area contributed by atoms with E-state index < -0.39 is 5.54 Å². The van der Waals surface area contributed by atoms with Crippen molar-refractivity contribution in [2.24, 2.45) is 0 Å². The molecule has 0 heterocycles. The van der Waals surface area contributed by atoms with Gasteiger partial charge >= 0.3 is 5.97 Å². The number of rotatable bonds is 9. The number of carbonyl (C=O) groups excluding carboxylic acids is 1. The maximum atomic E-state index is 11.9. The molecule has 0 aliphatic heterocycles. The highest BCUT2D eigenvalue weighted by atomic mass is 16.5.